The van der Waals surface area contributed by atoms with Gasteiger partial charge in [-0.2, -0.15) is 5.26 Å². The molecule has 0 aliphatic rings. The van der Waals surface area contributed by atoms with Crippen LogP contribution in [0.1, 0.15) is 22.8 Å². The molecule has 0 aliphatic carbocycles. The molecule has 1 N–H and O–H groups in total. The van der Waals surface area contributed by atoms with Crippen molar-refractivity contribution in [3.63, 3.8) is 0 Å². The van der Waals surface area contributed by atoms with Gasteiger partial charge >= 0.3 is 0 Å². The molecule has 0 atom stereocenters. The summed E-state index contributed by atoms with van der Waals surface area (Å²) in [7, 11) is 1.35. The number of nitro groups is 1. The Balaban J connectivity index is 2.45. The van der Waals surface area contributed by atoms with Crippen LogP contribution in [0.25, 0.3) is 0 Å². The predicted octanol–water partition coefficient (Wildman–Crippen LogP) is 3.78. The minimum atomic E-state index is -0.730. The summed E-state index contributed by atoms with van der Waals surface area (Å²) in [5.41, 5.74) is -0.187. The van der Waals surface area contributed by atoms with E-state index in [4.69, 9.17) is 26.3 Å². The highest BCUT2D eigenvalue weighted by Crippen LogP contribution is 2.35. The lowest BCUT2D eigenvalue weighted by Gasteiger charge is -2.12. The summed E-state index contributed by atoms with van der Waals surface area (Å²) >= 11 is 5.85. The number of nitrogens with one attached hydrogen (secondary N) is 1. The topological polar surface area (TPSA) is 114 Å². The van der Waals surface area contributed by atoms with Gasteiger partial charge in [-0.15, -0.1) is 0 Å². The number of halogens is 1. The first kappa shape index (κ1) is 19.0. The minimum absolute atomic E-state index is 0.147. The van der Waals surface area contributed by atoms with Gasteiger partial charge in [0.2, 0.25) is 0 Å². The zero-order valence-electron chi connectivity index (χ0n) is 13.9. The summed E-state index contributed by atoms with van der Waals surface area (Å²) in [5.74, 6) is -0.376. The number of nitro benzene ring substituents is 1. The van der Waals surface area contributed by atoms with Gasteiger partial charge in [-0.05, 0) is 25.1 Å². The van der Waals surface area contributed by atoms with Crippen molar-refractivity contribution in [2.75, 3.05) is 19.0 Å². The molecule has 0 radical (unpaired) electrons. The number of amides is 1. The van der Waals surface area contributed by atoms with Crippen molar-refractivity contribution in [2.24, 2.45) is 0 Å². The molecule has 8 nitrogen and oxygen atoms in total. The van der Waals surface area contributed by atoms with Crippen LogP contribution in [0.3, 0.4) is 0 Å². The summed E-state index contributed by atoms with van der Waals surface area (Å²) < 4.78 is 10.4. The van der Waals surface area contributed by atoms with Crippen LogP contribution in [-0.2, 0) is 0 Å². The number of rotatable bonds is 6. The zero-order valence-corrected chi connectivity index (χ0v) is 14.7. The van der Waals surface area contributed by atoms with Gasteiger partial charge in [0.25, 0.3) is 11.6 Å². The molecule has 0 aliphatic heterocycles. The Bertz CT molecular complexity index is 908. The third-order valence-corrected chi connectivity index (χ3v) is 3.70. The van der Waals surface area contributed by atoms with Crippen molar-refractivity contribution in [1.29, 1.82) is 5.26 Å². The number of hydrogen-bond acceptors (Lipinski definition) is 6. The summed E-state index contributed by atoms with van der Waals surface area (Å²) in [5, 5.41) is 23.1. The summed E-state index contributed by atoms with van der Waals surface area (Å²) in [6.07, 6.45) is 0. The molecule has 0 unspecified atom stereocenters. The molecule has 1 amide bonds. The van der Waals surface area contributed by atoms with E-state index in [1.54, 1.807) is 6.92 Å². The fraction of sp³-hybridized carbons (Fsp3) is 0.176. The second-order valence-electron chi connectivity index (χ2n) is 4.97. The average molecular weight is 376 g/mol. The van der Waals surface area contributed by atoms with E-state index in [9.17, 15) is 14.9 Å². The van der Waals surface area contributed by atoms with Gasteiger partial charge in [-0.3, -0.25) is 14.9 Å². The Morgan fingerprint density at radius 2 is 2.08 bits per heavy atom. The van der Waals surface area contributed by atoms with Crippen LogP contribution in [0.4, 0.5) is 11.4 Å². The van der Waals surface area contributed by atoms with Crippen molar-refractivity contribution in [2.45, 2.75) is 6.92 Å². The summed E-state index contributed by atoms with van der Waals surface area (Å²) in [4.78, 5) is 23.2. The van der Waals surface area contributed by atoms with E-state index < -0.39 is 16.5 Å². The first-order valence-corrected chi connectivity index (χ1v) is 7.79. The Morgan fingerprint density at radius 3 is 2.65 bits per heavy atom. The highest BCUT2D eigenvalue weighted by atomic mass is 35.5. The molecule has 2 aromatic carbocycles. The van der Waals surface area contributed by atoms with Crippen molar-refractivity contribution in [3.05, 3.63) is 56.6 Å². The molecule has 0 heterocycles. The zero-order chi connectivity index (χ0) is 19.3. The van der Waals surface area contributed by atoms with E-state index in [0.29, 0.717) is 0 Å². The summed E-state index contributed by atoms with van der Waals surface area (Å²) in [6, 6.07) is 8.57. The average Bonchev–Trinajstić information content (AvgIpc) is 2.62. The molecular weight excluding hydrogens is 362 g/mol. The van der Waals surface area contributed by atoms with Gasteiger partial charge in [-0.1, -0.05) is 11.6 Å². The molecule has 134 valence electrons. The van der Waals surface area contributed by atoms with Gasteiger partial charge in [0.05, 0.1) is 35.3 Å². The maximum Gasteiger partial charge on any atom is 0.286 e. The van der Waals surface area contributed by atoms with E-state index in [1.165, 1.54) is 31.4 Å². The number of methoxy groups -OCH3 is 1. The standard InChI is InChI=1S/C17H14ClN3O5/c1-3-26-16-7-12(14(21(23)24)8-15(16)25-2)17(22)20-11-4-5-13(18)10(6-11)9-19/h4-8H,3H2,1-2H3,(H,20,22). The van der Waals surface area contributed by atoms with Gasteiger partial charge in [0.1, 0.15) is 11.6 Å². The van der Waals surface area contributed by atoms with E-state index in [-0.39, 0.29) is 39.9 Å². The lowest BCUT2D eigenvalue weighted by Crippen LogP contribution is -2.15. The minimum Gasteiger partial charge on any atom is -0.493 e. The van der Waals surface area contributed by atoms with Crippen LogP contribution in [0, 0.1) is 21.4 Å². The van der Waals surface area contributed by atoms with E-state index in [1.807, 2.05) is 6.07 Å². The number of hydrogen-bond donors (Lipinski definition) is 1. The number of carbonyl (C=O) groups is 1. The Labute approximate surface area is 154 Å². The van der Waals surface area contributed by atoms with Crippen molar-refractivity contribution >= 4 is 28.9 Å². The molecule has 0 bridgehead atoms. The fourth-order valence-electron chi connectivity index (χ4n) is 2.20. The number of nitriles is 1. The lowest BCUT2D eigenvalue weighted by molar-refractivity contribution is -0.385. The van der Waals surface area contributed by atoms with Gasteiger partial charge in [0.15, 0.2) is 11.5 Å². The van der Waals surface area contributed by atoms with Gasteiger partial charge in [0, 0.05) is 11.8 Å². The second-order valence-corrected chi connectivity index (χ2v) is 5.38. The molecule has 0 saturated carbocycles. The normalized spacial score (nSPS) is 9.92. The van der Waals surface area contributed by atoms with Crippen molar-refractivity contribution < 1.29 is 19.2 Å². The van der Waals surface area contributed by atoms with Crippen LogP contribution in [-0.4, -0.2) is 24.5 Å². The predicted molar refractivity (Wildman–Crippen MR) is 94.9 cm³/mol. The van der Waals surface area contributed by atoms with E-state index in [0.717, 1.165) is 6.07 Å². The monoisotopic (exact) mass is 375 g/mol. The fourth-order valence-corrected chi connectivity index (χ4v) is 2.36. The third-order valence-electron chi connectivity index (χ3n) is 3.37. The smallest absolute Gasteiger partial charge is 0.286 e. The second kappa shape index (κ2) is 8.18. The lowest BCUT2D eigenvalue weighted by atomic mass is 10.1. The SMILES string of the molecule is CCOc1cc(C(=O)Nc2ccc(Cl)c(C#N)c2)c([N+](=O)[O-])cc1OC. The molecule has 2 aromatic rings. The number of benzene rings is 2. The van der Waals surface area contributed by atoms with Crippen molar-refractivity contribution in [1.82, 2.24) is 0 Å². The molecule has 9 heteroatoms. The van der Waals surface area contributed by atoms with Crippen LogP contribution >= 0.6 is 11.6 Å². The van der Waals surface area contributed by atoms with E-state index >= 15 is 0 Å². The van der Waals surface area contributed by atoms with Crippen LogP contribution in [0.15, 0.2) is 30.3 Å². The van der Waals surface area contributed by atoms with E-state index in [2.05, 4.69) is 5.32 Å². The number of carbonyl (C=O) groups excluding carboxylic acids is 1. The van der Waals surface area contributed by atoms with Crippen LogP contribution in [0.2, 0.25) is 5.02 Å². The number of anilines is 1. The number of nitrogens with zero attached hydrogens (tertiary/aromatic N) is 2. The molecule has 0 spiro atoms. The first-order chi connectivity index (χ1) is 12.4. The van der Waals surface area contributed by atoms with Crippen molar-refractivity contribution in [3.8, 4) is 17.6 Å². The largest absolute Gasteiger partial charge is 0.493 e. The Hall–Kier alpha value is -3.31. The number of ether oxygens (including phenoxy) is 2. The van der Waals surface area contributed by atoms with Gasteiger partial charge in [-0.25, -0.2) is 0 Å². The molecule has 0 aromatic heterocycles. The van der Waals surface area contributed by atoms with Crippen LogP contribution < -0.4 is 14.8 Å². The van der Waals surface area contributed by atoms with Crippen LogP contribution in [0.5, 0.6) is 11.5 Å². The Morgan fingerprint density at radius 1 is 1.35 bits per heavy atom. The highest BCUT2D eigenvalue weighted by Gasteiger charge is 2.25. The molecule has 26 heavy (non-hydrogen) atoms. The molecule has 2 rings (SSSR count). The molecular formula is C17H14ClN3O5. The highest BCUT2D eigenvalue weighted by molar-refractivity contribution is 6.31. The first-order valence-electron chi connectivity index (χ1n) is 7.41. The maximum atomic E-state index is 12.6. The Kier molecular flexibility index (Phi) is 5.98. The maximum absolute atomic E-state index is 12.6. The quantitative estimate of drug-likeness (QED) is 0.606. The molecule has 0 fully saturated rings. The van der Waals surface area contributed by atoms with Gasteiger partial charge < -0.3 is 14.8 Å². The third kappa shape index (κ3) is 4.02. The summed E-state index contributed by atoms with van der Waals surface area (Å²) in [6.45, 7) is 2.02. The molecule has 0 saturated heterocycles.